The van der Waals surface area contributed by atoms with E-state index in [2.05, 4.69) is 9.97 Å². The van der Waals surface area contributed by atoms with E-state index in [1.165, 1.54) is 0 Å². The lowest BCUT2D eigenvalue weighted by molar-refractivity contribution is 0.0995. The summed E-state index contributed by atoms with van der Waals surface area (Å²) in [6.07, 6.45) is 5.01. The maximum Gasteiger partial charge on any atom is 0.267 e. The number of amides is 1. The van der Waals surface area contributed by atoms with E-state index in [0.29, 0.717) is 0 Å². The first-order chi connectivity index (χ1) is 8.18. The molecule has 17 heavy (non-hydrogen) atoms. The van der Waals surface area contributed by atoms with Gasteiger partial charge in [-0.3, -0.25) is 14.8 Å². The summed E-state index contributed by atoms with van der Waals surface area (Å²) in [5.74, 6) is -0.536. The van der Waals surface area contributed by atoms with Crippen molar-refractivity contribution < 1.29 is 6.22 Å². The lowest BCUT2D eigenvalue weighted by Crippen LogP contribution is -2.15. The summed E-state index contributed by atoms with van der Waals surface area (Å²) in [4.78, 5) is 20.9. The molecule has 0 atom stereocenters. The molecule has 2 aromatic heterocycles. The second kappa shape index (κ2) is 4.61. The van der Waals surface area contributed by atoms with Crippen molar-refractivity contribution in [2.75, 3.05) is 11.9 Å². The van der Waals surface area contributed by atoms with E-state index in [1.54, 1.807) is 30.7 Å². The number of hydrogen-bond acceptors (Lipinski definition) is 4. The van der Waals surface area contributed by atoms with Crippen molar-refractivity contribution in [1.29, 1.82) is 0 Å². The Morgan fingerprint density at radius 1 is 1.35 bits per heavy atom. The molecule has 0 spiro atoms. The molecule has 2 aromatic rings. The molecule has 0 aliphatic heterocycles. The average Bonchev–Trinajstić information content (AvgIpc) is 2.39. The monoisotopic (exact) mass is 230 g/mol. The minimum atomic E-state index is -0.536. The molecule has 5 heteroatoms. The van der Waals surface area contributed by atoms with E-state index in [1.807, 2.05) is 24.1 Å². The number of anilines is 2. The van der Waals surface area contributed by atoms with Crippen LogP contribution in [0.3, 0.4) is 0 Å². The third kappa shape index (κ3) is 2.39. The fourth-order valence-electron chi connectivity index (χ4n) is 1.46. The number of aromatic nitrogens is 2. The van der Waals surface area contributed by atoms with Crippen LogP contribution in [0.5, 0.6) is 0 Å². The zero-order valence-corrected chi connectivity index (χ0v) is 9.37. The molecule has 0 saturated carbocycles. The van der Waals surface area contributed by atoms with E-state index in [9.17, 15) is 4.79 Å². The third-order valence-corrected chi connectivity index (χ3v) is 2.42. The number of rotatable bonds is 3. The van der Waals surface area contributed by atoms with Crippen LogP contribution in [0.2, 0.25) is 0 Å². The summed E-state index contributed by atoms with van der Waals surface area (Å²) in [6.45, 7) is 0. The molecule has 2 rings (SSSR count). The quantitative estimate of drug-likeness (QED) is 0.869. The minimum Gasteiger partial charge on any atom is -0.364 e. The first-order valence-corrected chi connectivity index (χ1v) is 5.08. The van der Waals surface area contributed by atoms with Crippen molar-refractivity contribution in [2.24, 2.45) is 5.73 Å². The first kappa shape index (κ1) is 11.1. The third-order valence-electron chi connectivity index (χ3n) is 2.42. The Morgan fingerprint density at radius 2 is 2.18 bits per heavy atom. The second-order valence-corrected chi connectivity index (χ2v) is 3.53. The molecule has 88 valence electrons. The van der Waals surface area contributed by atoms with Gasteiger partial charge in [0.25, 0.3) is 5.91 Å². The molecule has 0 radical (unpaired) electrons. The lowest BCUT2D eigenvalue weighted by Gasteiger charge is -2.18. The van der Waals surface area contributed by atoms with Gasteiger partial charge in [-0.15, -0.1) is 0 Å². The summed E-state index contributed by atoms with van der Waals surface area (Å²) in [5, 5.41) is 0. The van der Waals surface area contributed by atoms with Crippen LogP contribution in [0, 0.1) is 0 Å². The largest absolute Gasteiger partial charge is 0.364 e. The summed E-state index contributed by atoms with van der Waals surface area (Å²) < 4.78 is 0. The van der Waals surface area contributed by atoms with Gasteiger partial charge in [-0.1, -0.05) is 0 Å². The molecule has 1 amide bonds. The molecule has 0 aliphatic carbocycles. The maximum absolute atomic E-state index is 11.0. The van der Waals surface area contributed by atoms with Gasteiger partial charge in [0, 0.05) is 26.6 Å². The number of nitrogens with two attached hydrogens (primary N) is 1. The minimum absolute atomic E-state index is 0. The molecule has 0 aromatic carbocycles. The van der Waals surface area contributed by atoms with Crippen LogP contribution in [-0.4, -0.2) is 22.9 Å². The summed E-state index contributed by atoms with van der Waals surface area (Å²) in [5.41, 5.74) is 7.20. The van der Waals surface area contributed by atoms with Crippen LogP contribution < -0.4 is 10.6 Å². The molecule has 0 unspecified atom stereocenters. The van der Waals surface area contributed by atoms with Crippen molar-refractivity contribution in [3.8, 4) is 0 Å². The van der Waals surface area contributed by atoms with E-state index >= 15 is 0 Å². The number of primary amides is 1. The standard InChI is InChI=1S/C12H12N4O.H2/c1-16(10-3-2-5-14-8-10)9-4-6-15-11(7-9)12(13)17;/h2-8H,1H3,(H2,13,17);1H. The van der Waals surface area contributed by atoms with E-state index in [0.717, 1.165) is 11.4 Å². The summed E-state index contributed by atoms with van der Waals surface area (Å²) in [7, 11) is 1.89. The van der Waals surface area contributed by atoms with Crippen molar-refractivity contribution in [3.63, 3.8) is 0 Å². The first-order valence-electron chi connectivity index (χ1n) is 5.08. The van der Waals surface area contributed by atoms with Crippen LogP contribution in [0.4, 0.5) is 11.4 Å². The fraction of sp³-hybridized carbons (Fsp3) is 0.0833. The topological polar surface area (TPSA) is 72.1 Å². The number of carbonyl (C=O) groups is 1. The van der Waals surface area contributed by atoms with Crippen LogP contribution in [-0.2, 0) is 0 Å². The average molecular weight is 230 g/mol. The molecular weight excluding hydrogens is 216 g/mol. The molecule has 2 heterocycles. The van der Waals surface area contributed by atoms with Gasteiger partial charge in [0.2, 0.25) is 0 Å². The Kier molecular flexibility index (Phi) is 3.00. The Bertz CT molecular complexity index is 533. The highest BCUT2D eigenvalue weighted by Gasteiger charge is 2.07. The summed E-state index contributed by atoms with van der Waals surface area (Å²) >= 11 is 0. The fourth-order valence-corrected chi connectivity index (χ4v) is 1.46. The highest BCUT2D eigenvalue weighted by molar-refractivity contribution is 5.91. The molecule has 0 bridgehead atoms. The van der Waals surface area contributed by atoms with E-state index < -0.39 is 5.91 Å². The zero-order chi connectivity index (χ0) is 12.3. The molecule has 0 aliphatic rings. The predicted octanol–water partition coefficient (Wildman–Crippen LogP) is 1.59. The number of carbonyl (C=O) groups excluding carboxylic acids is 1. The number of nitrogens with zero attached hydrogens (tertiary/aromatic N) is 3. The van der Waals surface area contributed by atoms with Gasteiger partial charge in [0.05, 0.1) is 11.9 Å². The Balaban J connectivity index is 0.00000162. The molecule has 5 nitrogen and oxygen atoms in total. The lowest BCUT2D eigenvalue weighted by atomic mass is 10.2. The normalized spacial score (nSPS) is 9.94. The van der Waals surface area contributed by atoms with Crippen molar-refractivity contribution in [1.82, 2.24) is 9.97 Å². The molecule has 0 saturated heterocycles. The van der Waals surface area contributed by atoms with Crippen LogP contribution in [0.1, 0.15) is 11.9 Å². The van der Waals surface area contributed by atoms with Gasteiger partial charge in [-0.2, -0.15) is 0 Å². The zero-order valence-electron chi connectivity index (χ0n) is 9.37. The van der Waals surface area contributed by atoms with Gasteiger partial charge in [-0.25, -0.2) is 0 Å². The SMILES string of the molecule is CN(c1cccnc1)c1ccnc(C(N)=O)c1.[HH]. The van der Waals surface area contributed by atoms with Crippen molar-refractivity contribution in [3.05, 3.63) is 48.5 Å². The van der Waals surface area contributed by atoms with Gasteiger partial charge < -0.3 is 10.6 Å². The highest BCUT2D eigenvalue weighted by atomic mass is 16.1. The highest BCUT2D eigenvalue weighted by Crippen LogP contribution is 2.22. The van der Waals surface area contributed by atoms with Gasteiger partial charge in [0.15, 0.2) is 0 Å². The van der Waals surface area contributed by atoms with Crippen LogP contribution >= 0.6 is 0 Å². The molecule has 2 N–H and O–H groups in total. The van der Waals surface area contributed by atoms with E-state index in [-0.39, 0.29) is 7.12 Å². The Morgan fingerprint density at radius 3 is 2.82 bits per heavy atom. The summed E-state index contributed by atoms with van der Waals surface area (Å²) in [6, 6.07) is 7.23. The predicted molar refractivity (Wildman–Crippen MR) is 67.2 cm³/mol. The van der Waals surface area contributed by atoms with Crippen molar-refractivity contribution in [2.45, 2.75) is 0 Å². The van der Waals surface area contributed by atoms with E-state index in [4.69, 9.17) is 5.73 Å². The molecule has 0 fully saturated rings. The Hall–Kier alpha value is -2.43. The number of pyridine rings is 2. The van der Waals surface area contributed by atoms with Gasteiger partial charge >= 0.3 is 0 Å². The molecular formula is C12H14N4O. The Labute approximate surface area is 100 Å². The smallest absolute Gasteiger partial charge is 0.267 e. The van der Waals surface area contributed by atoms with Crippen LogP contribution in [0.25, 0.3) is 0 Å². The van der Waals surface area contributed by atoms with Gasteiger partial charge in [-0.05, 0) is 24.3 Å². The number of hydrogen-bond donors (Lipinski definition) is 1. The maximum atomic E-state index is 11.0. The van der Waals surface area contributed by atoms with Gasteiger partial charge in [0.1, 0.15) is 5.69 Å². The second-order valence-electron chi connectivity index (χ2n) is 3.53. The van der Waals surface area contributed by atoms with Crippen LogP contribution in [0.15, 0.2) is 42.9 Å². The van der Waals surface area contributed by atoms with Crippen molar-refractivity contribution >= 4 is 17.3 Å².